The number of nitrogens with one attached hydrogen (secondary N) is 1. The number of amidine groups is 2. The number of hydrogen-bond acceptors (Lipinski definition) is 4. The summed E-state index contributed by atoms with van der Waals surface area (Å²) in [4.78, 5) is 17.7. The molecule has 0 aliphatic carbocycles. The van der Waals surface area contributed by atoms with Gasteiger partial charge in [-0.3, -0.25) is 0 Å². The third-order valence-corrected chi connectivity index (χ3v) is 3.86. The second-order valence-corrected chi connectivity index (χ2v) is 5.40. The van der Waals surface area contributed by atoms with Crippen LogP contribution >= 0.6 is 0 Å². The quantitative estimate of drug-likeness (QED) is 0.893. The van der Waals surface area contributed by atoms with Crippen molar-refractivity contribution in [3.05, 3.63) is 48.7 Å². The number of benzene rings is 1. The molecular formula is C16H14FN5O. The molecule has 2 aromatic rings. The number of aliphatic imine (C=N–C) groups is 2. The second kappa shape index (κ2) is 5.44. The highest BCUT2D eigenvalue weighted by atomic mass is 19.1. The Morgan fingerprint density at radius 2 is 2.35 bits per heavy atom. The van der Waals surface area contributed by atoms with Gasteiger partial charge in [-0.2, -0.15) is 0 Å². The van der Waals surface area contributed by atoms with Gasteiger partial charge in [0.1, 0.15) is 5.84 Å². The summed E-state index contributed by atoms with van der Waals surface area (Å²) in [6, 6.07) is 5.53. The molecule has 1 atom stereocenters. The van der Waals surface area contributed by atoms with E-state index < -0.39 is 5.83 Å². The number of fused-ring (bicyclic) bond motifs is 2. The Labute approximate surface area is 131 Å². The van der Waals surface area contributed by atoms with Crippen LogP contribution in [0.2, 0.25) is 0 Å². The number of hydrogen-bond donors (Lipinski definition) is 2. The Bertz CT molecular complexity index is 879. The predicted molar refractivity (Wildman–Crippen MR) is 86.2 cm³/mol. The Morgan fingerprint density at radius 1 is 1.43 bits per heavy atom. The summed E-state index contributed by atoms with van der Waals surface area (Å²) in [5.74, 6) is -0.0117. The lowest BCUT2D eigenvalue weighted by atomic mass is 10.1. The van der Waals surface area contributed by atoms with Gasteiger partial charge in [0.25, 0.3) is 0 Å². The predicted octanol–water partition coefficient (Wildman–Crippen LogP) is 2.30. The molecule has 3 heterocycles. The van der Waals surface area contributed by atoms with Gasteiger partial charge in [-0.1, -0.05) is 0 Å². The summed E-state index contributed by atoms with van der Waals surface area (Å²) in [6.07, 6.45) is 6.35. The van der Waals surface area contributed by atoms with E-state index in [0.29, 0.717) is 18.1 Å². The van der Waals surface area contributed by atoms with Gasteiger partial charge in [0.2, 0.25) is 0 Å². The molecule has 0 fully saturated rings. The lowest BCUT2D eigenvalue weighted by Crippen LogP contribution is -2.42. The van der Waals surface area contributed by atoms with Crippen LogP contribution in [0, 0.1) is 5.92 Å². The minimum Gasteiger partial charge on any atom is -0.396 e. The Balaban J connectivity index is 1.76. The molecule has 23 heavy (non-hydrogen) atoms. The van der Waals surface area contributed by atoms with E-state index in [0.717, 1.165) is 11.0 Å². The lowest BCUT2D eigenvalue weighted by Gasteiger charge is -2.31. The highest BCUT2D eigenvalue weighted by molar-refractivity contribution is 6.09. The molecule has 0 bridgehead atoms. The molecule has 6 nitrogen and oxygen atoms in total. The molecule has 0 spiro atoms. The lowest BCUT2D eigenvalue weighted by molar-refractivity contribution is 0.243. The van der Waals surface area contributed by atoms with Gasteiger partial charge in [-0.25, -0.2) is 19.4 Å². The summed E-state index contributed by atoms with van der Waals surface area (Å²) in [5.41, 5.74) is 2.40. The molecule has 1 unspecified atom stereocenters. The number of aromatic nitrogens is 2. The maximum absolute atomic E-state index is 13.9. The van der Waals surface area contributed by atoms with E-state index in [1.807, 2.05) is 18.2 Å². The van der Waals surface area contributed by atoms with Crippen molar-refractivity contribution < 1.29 is 9.50 Å². The first-order valence-corrected chi connectivity index (χ1v) is 7.27. The minimum absolute atomic E-state index is 0.0996. The van der Waals surface area contributed by atoms with Gasteiger partial charge in [0.15, 0.2) is 11.7 Å². The van der Waals surface area contributed by atoms with E-state index in [1.165, 1.54) is 6.08 Å². The monoisotopic (exact) mass is 311 g/mol. The van der Waals surface area contributed by atoms with E-state index in [1.54, 1.807) is 23.5 Å². The molecule has 116 valence electrons. The van der Waals surface area contributed by atoms with Gasteiger partial charge in [-0.05, 0) is 30.4 Å². The first-order chi connectivity index (χ1) is 11.2. The third-order valence-electron chi connectivity index (χ3n) is 3.86. The van der Waals surface area contributed by atoms with E-state index in [4.69, 9.17) is 0 Å². The van der Waals surface area contributed by atoms with Crippen molar-refractivity contribution in [2.24, 2.45) is 15.9 Å². The van der Waals surface area contributed by atoms with Crippen molar-refractivity contribution in [3.8, 4) is 0 Å². The maximum Gasteiger partial charge on any atom is 0.170 e. The largest absolute Gasteiger partial charge is 0.396 e. The van der Waals surface area contributed by atoms with E-state index >= 15 is 0 Å². The molecular weight excluding hydrogens is 297 g/mol. The number of aromatic amines is 1. The number of halogens is 1. The zero-order valence-electron chi connectivity index (χ0n) is 12.1. The van der Waals surface area contributed by atoms with Crippen molar-refractivity contribution in [3.63, 3.8) is 0 Å². The number of imidazole rings is 1. The van der Waals surface area contributed by atoms with Gasteiger partial charge >= 0.3 is 0 Å². The van der Waals surface area contributed by atoms with Crippen LogP contribution in [0.4, 0.5) is 10.1 Å². The second-order valence-electron chi connectivity index (χ2n) is 5.40. The fraction of sp³-hybridized carbons (Fsp3) is 0.188. The molecule has 0 saturated carbocycles. The molecule has 1 aromatic carbocycles. The Hall–Kier alpha value is -2.80. The van der Waals surface area contributed by atoms with Crippen LogP contribution in [0.25, 0.3) is 11.0 Å². The van der Waals surface area contributed by atoms with E-state index in [9.17, 15) is 9.50 Å². The molecule has 7 heteroatoms. The Kier molecular flexibility index (Phi) is 3.27. The number of nitrogens with zero attached hydrogens (tertiary/aromatic N) is 4. The van der Waals surface area contributed by atoms with Crippen LogP contribution in [-0.2, 0) is 0 Å². The highest BCUT2D eigenvalue weighted by Gasteiger charge is 2.29. The van der Waals surface area contributed by atoms with Crippen LogP contribution in [0.5, 0.6) is 0 Å². The molecule has 0 saturated heterocycles. The number of rotatable bonds is 2. The zero-order valence-corrected chi connectivity index (χ0v) is 12.1. The number of H-pyrrole nitrogens is 1. The summed E-state index contributed by atoms with van der Waals surface area (Å²) < 4.78 is 13.9. The number of aliphatic hydroxyl groups is 1. The van der Waals surface area contributed by atoms with Crippen LogP contribution in [0.1, 0.15) is 0 Å². The molecule has 0 amide bonds. The number of allylic oxidation sites excluding steroid dienone is 2. The SMILES string of the molecule is OCC1CN2C=CC=C(F)C2=NC1=Nc1ccc2nc[nH]c2c1. The van der Waals surface area contributed by atoms with Crippen molar-refractivity contribution in [2.75, 3.05) is 13.2 Å². The van der Waals surface area contributed by atoms with Crippen LogP contribution in [-0.4, -0.2) is 44.8 Å². The van der Waals surface area contributed by atoms with Crippen molar-refractivity contribution in [1.29, 1.82) is 0 Å². The average Bonchev–Trinajstić information content (AvgIpc) is 3.03. The molecule has 2 N–H and O–H groups in total. The third kappa shape index (κ3) is 2.44. The smallest absolute Gasteiger partial charge is 0.170 e. The van der Waals surface area contributed by atoms with E-state index in [2.05, 4.69) is 20.0 Å². The van der Waals surface area contributed by atoms with Gasteiger partial charge in [0, 0.05) is 12.7 Å². The van der Waals surface area contributed by atoms with Gasteiger partial charge < -0.3 is 15.0 Å². The molecule has 2 aliphatic rings. The van der Waals surface area contributed by atoms with Crippen molar-refractivity contribution in [2.45, 2.75) is 0 Å². The summed E-state index contributed by atoms with van der Waals surface area (Å²) in [6.45, 7) is 0.343. The minimum atomic E-state index is -0.402. The highest BCUT2D eigenvalue weighted by Crippen LogP contribution is 2.24. The van der Waals surface area contributed by atoms with Crippen molar-refractivity contribution >= 4 is 28.4 Å². The fourth-order valence-corrected chi connectivity index (χ4v) is 2.68. The Morgan fingerprint density at radius 3 is 3.22 bits per heavy atom. The molecule has 4 rings (SSSR count). The standard InChI is InChI=1S/C16H14FN5O/c17-12-2-1-5-22-7-10(8-23)15(21-16(12)22)20-11-3-4-13-14(6-11)19-9-18-13/h1-6,9-10,23H,7-8H2,(H,18,19). The summed E-state index contributed by atoms with van der Waals surface area (Å²) in [7, 11) is 0. The fourth-order valence-electron chi connectivity index (χ4n) is 2.68. The van der Waals surface area contributed by atoms with Crippen LogP contribution in [0.3, 0.4) is 0 Å². The zero-order chi connectivity index (χ0) is 15.8. The van der Waals surface area contributed by atoms with Gasteiger partial charge in [-0.15, -0.1) is 0 Å². The molecule has 0 radical (unpaired) electrons. The van der Waals surface area contributed by atoms with E-state index in [-0.39, 0.29) is 18.4 Å². The summed E-state index contributed by atoms with van der Waals surface area (Å²) in [5, 5.41) is 9.61. The topological polar surface area (TPSA) is 76.9 Å². The first kappa shape index (κ1) is 13.8. The average molecular weight is 311 g/mol. The first-order valence-electron chi connectivity index (χ1n) is 7.27. The van der Waals surface area contributed by atoms with Crippen LogP contribution in [0.15, 0.2) is 58.7 Å². The van der Waals surface area contributed by atoms with Crippen molar-refractivity contribution in [1.82, 2.24) is 14.9 Å². The number of aliphatic hydroxyl groups excluding tert-OH is 1. The normalized spacial score (nSPS) is 22.3. The summed E-state index contributed by atoms with van der Waals surface area (Å²) >= 11 is 0. The molecule has 2 aliphatic heterocycles. The molecule has 1 aromatic heterocycles. The maximum atomic E-state index is 13.9. The van der Waals surface area contributed by atoms with Crippen LogP contribution < -0.4 is 0 Å². The van der Waals surface area contributed by atoms with Gasteiger partial charge in [0.05, 0.1) is 35.6 Å².